The molecule has 300 valence electrons. The zero-order chi connectivity index (χ0) is 42.4. The molecule has 0 fully saturated rings. The smallest absolute Gasteiger partial charge is 0.317 e. The second kappa shape index (κ2) is 13.6. The summed E-state index contributed by atoms with van der Waals surface area (Å²) in [5.74, 6) is -1.43. The van der Waals surface area contributed by atoms with Crippen LogP contribution in [0.1, 0.15) is 60.5 Å². The molecule has 4 heterocycles. The quantitative estimate of drug-likeness (QED) is 0.0967. The minimum atomic E-state index is -1.68. The summed E-state index contributed by atoms with van der Waals surface area (Å²) < 4.78 is 7.03. The predicted molar refractivity (Wildman–Crippen MR) is 202 cm³/mol. The Bertz CT molecular complexity index is 2770. The molecule has 2 atom stereocenters. The first-order valence-electron chi connectivity index (χ1n) is 17.9. The number of phenols is 1. The van der Waals surface area contributed by atoms with E-state index in [-0.39, 0.29) is 47.6 Å². The van der Waals surface area contributed by atoms with E-state index in [1.807, 2.05) is 6.07 Å². The van der Waals surface area contributed by atoms with E-state index >= 15 is 0 Å². The van der Waals surface area contributed by atoms with Crippen molar-refractivity contribution in [3.63, 3.8) is 0 Å². The molecule has 3 aromatic carbocycles. The summed E-state index contributed by atoms with van der Waals surface area (Å²) in [5, 5.41) is 59.9. The largest absolute Gasteiger partial charge is 0.508 e. The Kier molecular flexibility index (Phi) is 8.81. The Balaban J connectivity index is 1.17. The van der Waals surface area contributed by atoms with Gasteiger partial charge in [0.2, 0.25) is 0 Å². The molecule has 0 amide bonds. The van der Waals surface area contributed by atoms with Gasteiger partial charge in [-0.05, 0) is 60.4 Å². The SMILES string of the molecule is CC[C@@]1(CC(=O)[C@@H](C)ON(C)C2c3cc([N+](=O)[O-])cc([N+](=O)[O-])c3-c3c2cc([N+](=O)[O-])cc3[N+](=O)[O-])C(=O)OCc2c1cc1n(c2=O)Cc2cc3cc(O)ccc3nc2-1. The lowest BCUT2D eigenvalue weighted by molar-refractivity contribution is -0.395. The van der Waals surface area contributed by atoms with Gasteiger partial charge in [0, 0.05) is 36.6 Å². The Hall–Kier alpha value is -7.52. The predicted octanol–water partition coefficient (Wildman–Crippen LogP) is 5.45. The van der Waals surface area contributed by atoms with Crippen LogP contribution in [-0.4, -0.2) is 64.3 Å². The maximum Gasteiger partial charge on any atom is 0.317 e. The van der Waals surface area contributed by atoms with E-state index in [0.717, 1.165) is 17.2 Å². The molecule has 21 heteroatoms. The molecule has 8 rings (SSSR count). The number of benzene rings is 3. The minimum Gasteiger partial charge on any atom is -0.508 e. The molecule has 0 radical (unpaired) electrons. The number of nitro benzene ring substituents is 4. The Morgan fingerprint density at radius 1 is 0.949 bits per heavy atom. The lowest BCUT2D eigenvalue weighted by Gasteiger charge is -2.37. The number of Topliss-reactive ketones (excluding diaryl/α,β-unsaturated/α-hetero) is 1. The molecular weight excluding hydrogens is 778 g/mol. The number of rotatable bonds is 11. The molecule has 3 aliphatic rings. The van der Waals surface area contributed by atoms with E-state index in [1.165, 1.54) is 24.6 Å². The molecule has 1 aliphatic carbocycles. The van der Waals surface area contributed by atoms with E-state index in [4.69, 9.17) is 14.6 Å². The minimum absolute atomic E-state index is 0.00262. The van der Waals surface area contributed by atoms with Gasteiger partial charge in [0.25, 0.3) is 28.3 Å². The molecule has 0 spiro atoms. The molecular formula is C38H29N7O14. The van der Waals surface area contributed by atoms with E-state index in [9.17, 15) is 59.9 Å². The number of non-ortho nitro benzene ring substituents is 2. The van der Waals surface area contributed by atoms with Gasteiger partial charge >= 0.3 is 5.97 Å². The molecule has 0 unspecified atom stereocenters. The number of aromatic hydroxyl groups is 1. The Morgan fingerprint density at radius 3 is 2.12 bits per heavy atom. The topological polar surface area (TPSA) is 284 Å². The van der Waals surface area contributed by atoms with Crippen molar-refractivity contribution >= 4 is 45.4 Å². The molecule has 1 N–H and O–H groups in total. The number of ether oxygens (including phenoxy) is 1. The standard InChI is InChI=1S/C38H29N7O14/c1-4-38(26-13-30-34-19(7-18-8-22(46)5-6-27(18)39-34)15-41(30)36(48)25(26)16-58-37(38)49)14-31(47)17(2)59-40(3)35-23-9-20(42(50)51)11-28(44(54)55)32(23)33-24(35)10-21(43(52)53)12-29(33)45(56)57/h5-13,17,35,46H,4,14-16H2,1-3H3/t17-,38+/m1/s1. The van der Waals surface area contributed by atoms with Gasteiger partial charge in [-0.2, -0.15) is 5.06 Å². The summed E-state index contributed by atoms with van der Waals surface area (Å²) in [7, 11) is 1.24. The Labute approximate surface area is 329 Å². The number of ketones is 1. The van der Waals surface area contributed by atoms with Gasteiger partial charge in [-0.25, -0.2) is 4.98 Å². The fourth-order valence-corrected chi connectivity index (χ4v) is 8.45. The zero-order valence-corrected chi connectivity index (χ0v) is 31.1. The molecule has 5 aromatic rings. The van der Waals surface area contributed by atoms with Crippen molar-refractivity contribution in [1.29, 1.82) is 0 Å². The Morgan fingerprint density at radius 2 is 1.56 bits per heavy atom. The lowest BCUT2D eigenvalue weighted by atomic mass is 9.71. The van der Waals surface area contributed by atoms with Crippen LogP contribution in [0.25, 0.3) is 33.4 Å². The first kappa shape index (κ1) is 38.4. The summed E-state index contributed by atoms with van der Waals surface area (Å²) in [6.45, 7) is 2.77. The fourth-order valence-electron chi connectivity index (χ4n) is 8.45. The summed E-state index contributed by atoms with van der Waals surface area (Å²) in [6, 6.07) is 9.76. The van der Waals surface area contributed by atoms with E-state index < -0.39 is 94.9 Å². The number of nitro groups is 4. The molecule has 0 bridgehead atoms. The highest BCUT2D eigenvalue weighted by Crippen LogP contribution is 2.56. The van der Waals surface area contributed by atoms with Crippen LogP contribution in [0.15, 0.2) is 59.4 Å². The fraction of sp³-hybridized carbons (Fsp3) is 0.263. The average Bonchev–Trinajstić information content (AvgIpc) is 3.72. The molecule has 2 aromatic heterocycles. The van der Waals surface area contributed by atoms with Crippen LogP contribution >= 0.6 is 0 Å². The van der Waals surface area contributed by atoms with Crippen LogP contribution in [0.2, 0.25) is 0 Å². The number of phenolic OH excluding ortho intramolecular Hbond substituents is 1. The van der Waals surface area contributed by atoms with Gasteiger partial charge in [-0.15, -0.1) is 0 Å². The number of carbonyl (C=O) groups excluding carboxylic acids is 2. The van der Waals surface area contributed by atoms with Crippen molar-refractivity contribution in [2.24, 2.45) is 0 Å². The van der Waals surface area contributed by atoms with E-state index in [0.29, 0.717) is 40.0 Å². The van der Waals surface area contributed by atoms with Crippen molar-refractivity contribution in [3.05, 3.63) is 133 Å². The first-order valence-corrected chi connectivity index (χ1v) is 17.9. The van der Waals surface area contributed by atoms with Gasteiger partial charge in [0.15, 0.2) is 5.78 Å². The second-order valence-corrected chi connectivity index (χ2v) is 14.4. The number of hydrogen-bond acceptors (Lipinski definition) is 16. The first-order chi connectivity index (χ1) is 27.9. The van der Waals surface area contributed by atoms with Crippen molar-refractivity contribution in [3.8, 4) is 28.3 Å². The summed E-state index contributed by atoms with van der Waals surface area (Å²) in [6.07, 6.45) is -2.00. The molecule has 2 aliphatic heterocycles. The van der Waals surface area contributed by atoms with Gasteiger partial charge in [0.1, 0.15) is 23.9 Å². The molecule has 59 heavy (non-hydrogen) atoms. The average molecular weight is 808 g/mol. The monoisotopic (exact) mass is 807 g/mol. The van der Waals surface area contributed by atoms with Crippen LogP contribution < -0.4 is 5.56 Å². The second-order valence-electron chi connectivity index (χ2n) is 14.4. The van der Waals surface area contributed by atoms with Gasteiger partial charge in [-0.3, -0.25) is 59.7 Å². The number of pyridine rings is 2. The van der Waals surface area contributed by atoms with Crippen molar-refractivity contribution in [2.45, 2.75) is 57.4 Å². The number of fused-ring (bicyclic) bond motifs is 8. The van der Waals surface area contributed by atoms with Crippen LogP contribution in [0.5, 0.6) is 5.75 Å². The maximum absolute atomic E-state index is 14.2. The highest BCUT2D eigenvalue weighted by Gasteiger charge is 2.50. The van der Waals surface area contributed by atoms with Crippen molar-refractivity contribution < 1.29 is 44.0 Å². The third-order valence-electron chi connectivity index (χ3n) is 11.2. The van der Waals surface area contributed by atoms with Crippen LogP contribution in [-0.2, 0) is 37.7 Å². The highest BCUT2D eigenvalue weighted by molar-refractivity contribution is 5.95. The third-order valence-corrected chi connectivity index (χ3v) is 11.2. The number of hydrogen-bond donors (Lipinski definition) is 1. The van der Waals surface area contributed by atoms with Crippen LogP contribution in [0.4, 0.5) is 22.7 Å². The van der Waals surface area contributed by atoms with Crippen molar-refractivity contribution in [1.82, 2.24) is 14.6 Å². The number of aromatic nitrogens is 2. The van der Waals surface area contributed by atoms with Gasteiger partial charge < -0.3 is 14.4 Å². The van der Waals surface area contributed by atoms with E-state index in [2.05, 4.69) is 0 Å². The van der Waals surface area contributed by atoms with Crippen LogP contribution in [0, 0.1) is 40.5 Å². The van der Waals surface area contributed by atoms with Gasteiger partial charge in [-0.1, -0.05) is 6.92 Å². The van der Waals surface area contributed by atoms with Crippen molar-refractivity contribution in [2.75, 3.05) is 7.05 Å². The number of cyclic esters (lactones) is 1. The third kappa shape index (κ3) is 5.84. The molecule has 0 saturated heterocycles. The maximum atomic E-state index is 14.2. The highest BCUT2D eigenvalue weighted by atomic mass is 16.7. The summed E-state index contributed by atoms with van der Waals surface area (Å²) >= 11 is 0. The number of hydroxylamine groups is 2. The molecule has 0 saturated carbocycles. The summed E-state index contributed by atoms with van der Waals surface area (Å²) in [5.41, 5.74) is -4.09. The number of esters is 1. The lowest BCUT2D eigenvalue weighted by Crippen LogP contribution is -2.47. The van der Waals surface area contributed by atoms with Gasteiger partial charge in [0.05, 0.1) is 78.0 Å². The molecule has 21 nitrogen and oxygen atoms in total. The number of nitrogens with zero attached hydrogens (tertiary/aromatic N) is 7. The van der Waals surface area contributed by atoms with E-state index in [1.54, 1.807) is 25.1 Å². The van der Waals surface area contributed by atoms with Crippen LogP contribution in [0.3, 0.4) is 0 Å². The normalized spacial score (nSPS) is 16.8. The summed E-state index contributed by atoms with van der Waals surface area (Å²) in [4.78, 5) is 97.4. The zero-order valence-electron chi connectivity index (χ0n) is 31.1. The number of carbonyl (C=O) groups is 2.